The van der Waals surface area contributed by atoms with Crippen molar-refractivity contribution < 1.29 is 22.7 Å². The van der Waals surface area contributed by atoms with E-state index in [4.69, 9.17) is 4.74 Å². The minimum atomic E-state index is -3.65. The Morgan fingerprint density at radius 1 is 1.00 bits per heavy atom. The third-order valence-corrected chi connectivity index (χ3v) is 6.99. The number of hydrogen-bond acceptors (Lipinski definition) is 5. The smallest absolute Gasteiger partial charge is 0.251 e. The second-order valence-corrected chi connectivity index (χ2v) is 9.13. The molecule has 2 aromatic carbocycles. The number of amides is 2. The molecule has 1 fully saturated rings. The first-order valence-electron chi connectivity index (χ1n) is 10.2. The van der Waals surface area contributed by atoms with Crippen LogP contribution in [0.1, 0.15) is 24.2 Å². The number of ether oxygens (including phenoxy) is 1. The summed E-state index contributed by atoms with van der Waals surface area (Å²) in [5.41, 5.74) is 0.480. The molecule has 31 heavy (non-hydrogen) atoms. The van der Waals surface area contributed by atoms with Gasteiger partial charge in [-0.2, -0.15) is 4.31 Å². The van der Waals surface area contributed by atoms with Crippen LogP contribution in [-0.2, 0) is 14.8 Å². The van der Waals surface area contributed by atoms with Crippen molar-refractivity contribution >= 4 is 21.8 Å². The quantitative estimate of drug-likeness (QED) is 0.700. The largest absolute Gasteiger partial charge is 0.494 e. The van der Waals surface area contributed by atoms with Gasteiger partial charge in [-0.3, -0.25) is 9.59 Å². The zero-order valence-electron chi connectivity index (χ0n) is 17.7. The van der Waals surface area contributed by atoms with E-state index in [1.165, 1.54) is 16.4 Å². The fraction of sp³-hybridized carbons (Fsp3) is 0.364. The zero-order valence-corrected chi connectivity index (χ0v) is 18.5. The summed E-state index contributed by atoms with van der Waals surface area (Å²) < 4.78 is 32.5. The van der Waals surface area contributed by atoms with Gasteiger partial charge in [0.2, 0.25) is 15.9 Å². The molecule has 0 aromatic heterocycles. The van der Waals surface area contributed by atoms with Crippen LogP contribution < -0.4 is 10.1 Å². The standard InChI is InChI=1S/C22H27N3O5S/c1-3-30-19-9-11-20(12-10-19)31(28,29)25-15-13-24(14-16-25)22(27)17(2)23-21(26)18-7-5-4-6-8-18/h4-12,17H,3,13-16H2,1-2H3,(H,23,26)/t17-/m0/s1. The van der Waals surface area contributed by atoms with Crippen molar-refractivity contribution in [3.8, 4) is 5.75 Å². The number of carbonyl (C=O) groups excluding carboxylic acids is 2. The number of benzene rings is 2. The topological polar surface area (TPSA) is 96.0 Å². The molecular formula is C22H27N3O5S. The summed E-state index contributed by atoms with van der Waals surface area (Å²) in [5, 5.41) is 2.70. The normalized spacial score (nSPS) is 15.9. The molecule has 1 atom stereocenters. The van der Waals surface area contributed by atoms with E-state index in [-0.39, 0.29) is 42.9 Å². The average molecular weight is 446 g/mol. The van der Waals surface area contributed by atoms with E-state index in [0.29, 0.717) is 17.9 Å². The monoisotopic (exact) mass is 445 g/mol. The Bertz CT molecular complexity index is 1000. The number of hydrogen-bond donors (Lipinski definition) is 1. The molecule has 0 radical (unpaired) electrons. The molecule has 1 N–H and O–H groups in total. The van der Waals surface area contributed by atoms with Crippen molar-refractivity contribution in [3.63, 3.8) is 0 Å². The van der Waals surface area contributed by atoms with Gasteiger partial charge in [0.05, 0.1) is 11.5 Å². The fourth-order valence-corrected chi connectivity index (χ4v) is 4.80. The van der Waals surface area contributed by atoms with E-state index in [1.807, 2.05) is 13.0 Å². The van der Waals surface area contributed by atoms with Crippen LogP contribution in [0.4, 0.5) is 0 Å². The highest BCUT2D eigenvalue weighted by atomic mass is 32.2. The van der Waals surface area contributed by atoms with Gasteiger partial charge in [-0.25, -0.2) is 8.42 Å². The molecule has 1 heterocycles. The summed E-state index contributed by atoms with van der Waals surface area (Å²) in [4.78, 5) is 26.8. The van der Waals surface area contributed by atoms with Crippen LogP contribution in [0.3, 0.4) is 0 Å². The number of piperazine rings is 1. The Hall–Kier alpha value is -2.91. The highest BCUT2D eigenvalue weighted by molar-refractivity contribution is 7.89. The van der Waals surface area contributed by atoms with Gasteiger partial charge in [-0.1, -0.05) is 18.2 Å². The number of carbonyl (C=O) groups is 2. The molecule has 1 aliphatic heterocycles. The van der Waals surface area contributed by atoms with Crippen LogP contribution in [-0.4, -0.2) is 68.3 Å². The van der Waals surface area contributed by atoms with E-state index in [2.05, 4.69) is 5.32 Å². The third-order valence-electron chi connectivity index (χ3n) is 5.08. The number of nitrogens with zero attached hydrogens (tertiary/aromatic N) is 2. The minimum absolute atomic E-state index is 0.194. The highest BCUT2D eigenvalue weighted by Gasteiger charge is 2.32. The number of sulfonamides is 1. The Morgan fingerprint density at radius 2 is 1.61 bits per heavy atom. The maximum absolute atomic E-state index is 12.9. The molecular weight excluding hydrogens is 418 g/mol. The lowest BCUT2D eigenvalue weighted by atomic mass is 10.2. The summed E-state index contributed by atoms with van der Waals surface area (Å²) in [7, 11) is -3.65. The zero-order chi connectivity index (χ0) is 22.4. The molecule has 8 nitrogen and oxygen atoms in total. The van der Waals surface area contributed by atoms with Gasteiger partial charge in [0.1, 0.15) is 11.8 Å². The van der Waals surface area contributed by atoms with Crippen molar-refractivity contribution in [2.45, 2.75) is 24.8 Å². The Kier molecular flexibility index (Phi) is 7.29. The van der Waals surface area contributed by atoms with Crippen LogP contribution in [0.25, 0.3) is 0 Å². The molecule has 0 aliphatic carbocycles. The van der Waals surface area contributed by atoms with Gasteiger partial charge in [0.15, 0.2) is 0 Å². The van der Waals surface area contributed by atoms with Crippen molar-refractivity contribution in [3.05, 3.63) is 60.2 Å². The first-order chi connectivity index (χ1) is 14.8. The Labute approximate surface area is 182 Å². The van der Waals surface area contributed by atoms with Gasteiger partial charge in [-0.05, 0) is 50.2 Å². The van der Waals surface area contributed by atoms with Crippen molar-refractivity contribution in [1.82, 2.24) is 14.5 Å². The summed E-state index contributed by atoms with van der Waals surface area (Å²) in [5.74, 6) is 0.0592. The summed E-state index contributed by atoms with van der Waals surface area (Å²) >= 11 is 0. The molecule has 3 rings (SSSR count). The Morgan fingerprint density at radius 3 is 2.19 bits per heavy atom. The lowest BCUT2D eigenvalue weighted by Gasteiger charge is -2.35. The molecule has 0 saturated carbocycles. The first kappa shape index (κ1) is 22.8. The van der Waals surface area contributed by atoms with Crippen LogP contribution in [0.5, 0.6) is 5.75 Å². The molecule has 1 saturated heterocycles. The Balaban J connectivity index is 1.56. The lowest BCUT2D eigenvalue weighted by molar-refractivity contribution is -0.134. The van der Waals surface area contributed by atoms with E-state index in [1.54, 1.807) is 48.2 Å². The van der Waals surface area contributed by atoms with Crippen LogP contribution in [0, 0.1) is 0 Å². The predicted octanol–water partition coefficient (Wildman–Crippen LogP) is 1.74. The summed E-state index contributed by atoms with van der Waals surface area (Å²) in [6, 6.07) is 14.3. The van der Waals surface area contributed by atoms with Crippen molar-refractivity contribution in [2.75, 3.05) is 32.8 Å². The number of nitrogens with one attached hydrogen (secondary N) is 1. The van der Waals surface area contributed by atoms with Gasteiger partial charge in [0, 0.05) is 31.7 Å². The summed E-state index contributed by atoms with van der Waals surface area (Å²) in [6.07, 6.45) is 0. The first-order valence-corrected chi connectivity index (χ1v) is 11.6. The van der Waals surface area contributed by atoms with Crippen molar-refractivity contribution in [1.29, 1.82) is 0 Å². The van der Waals surface area contributed by atoms with Gasteiger partial charge >= 0.3 is 0 Å². The maximum Gasteiger partial charge on any atom is 0.251 e. The van der Waals surface area contributed by atoms with E-state index >= 15 is 0 Å². The molecule has 2 amide bonds. The molecule has 0 unspecified atom stereocenters. The van der Waals surface area contributed by atoms with Gasteiger partial charge < -0.3 is 15.0 Å². The lowest BCUT2D eigenvalue weighted by Crippen LogP contribution is -2.55. The van der Waals surface area contributed by atoms with Crippen molar-refractivity contribution in [2.24, 2.45) is 0 Å². The average Bonchev–Trinajstić information content (AvgIpc) is 2.79. The van der Waals surface area contributed by atoms with E-state index < -0.39 is 16.1 Å². The molecule has 166 valence electrons. The molecule has 0 spiro atoms. The maximum atomic E-state index is 12.9. The molecule has 0 bridgehead atoms. The van der Waals surface area contributed by atoms with E-state index in [0.717, 1.165) is 0 Å². The van der Waals surface area contributed by atoms with Crippen LogP contribution >= 0.6 is 0 Å². The van der Waals surface area contributed by atoms with E-state index in [9.17, 15) is 18.0 Å². The molecule has 1 aliphatic rings. The SMILES string of the molecule is CCOc1ccc(S(=O)(=O)N2CCN(C(=O)[C@H](C)NC(=O)c3ccccc3)CC2)cc1. The minimum Gasteiger partial charge on any atom is -0.494 e. The van der Waals surface area contributed by atoms with Crippen LogP contribution in [0.15, 0.2) is 59.5 Å². The second kappa shape index (κ2) is 9.93. The summed E-state index contributed by atoms with van der Waals surface area (Å²) in [6.45, 7) is 4.92. The predicted molar refractivity (Wildman–Crippen MR) is 116 cm³/mol. The van der Waals surface area contributed by atoms with Crippen LogP contribution in [0.2, 0.25) is 0 Å². The molecule has 9 heteroatoms. The van der Waals surface area contributed by atoms with Gasteiger partial charge in [-0.15, -0.1) is 0 Å². The highest BCUT2D eigenvalue weighted by Crippen LogP contribution is 2.21. The third kappa shape index (κ3) is 5.42. The van der Waals surface area contributed by atoms with Gasteiger partial charge in [0.25, 0.3) is 5.91 Å². The fourth-order valence-electron chi connectivity index (χ4n) is 3.38. The second-order valence-electron chi connectivity index (χ2n) is 7.19. The number of rotatable bonds is 7. The molecule has 2 aromatic rings.